The molecule has 1 aliphatic heterocycles. The SMILES string of the molecule is O=C(NCC(c1cccnc1)N1CCOCC1)c1c(F)cccc1Cl. The minimum absolute atomic E-state index is 0.0629. The summed E-state index contributed by atoms with van der Waals surface area (Å²) in [5.74, 6) is -1.15. The van der Waals surface area contributed by atoms with Crippen LogP contribution in [0.3, 0.4) is 0 Å². The summed E-state index contributed by atoms with van der Waals surface area (Å²) in [7, 11) is 0. The van der Waals surface area contributed by atoms with E-state index in [2.05, 4.69) is 15.2 Å². The number of nitrogens with one attached hydrogen (secondary N) is 1. The van der Waals surface area contributed by atoms with E-state index in [-0.39, 0.29) is 16.6 Å². The zero-order chi connectivity index (χ0) is 17.6. The Balaban J connectivity index is 1.75. The number of carbonyl (C=O) groups is 1. The van der Waals surface area contributed by atoms with Gasteiger partial charge < -0.3 is 10.1 Å². The second-order valence-electron chi connectivity index (χ2n) is 5.76. The lowest BCUT2D eigenvalue weighted by atomic mass is 10.1. The van der Waals surface area contributed by atoms with Crippen LogP contribution in [0, 0.1) is 5.82 Å². The van der Waals surface area contributed by atoms with Crippen LogP contribution in [0.15, 0.2) is 42.7 Å². The monoisotopic (exact) mass is 363 g/mol. The third-order valence-corrected chi connectivity index (χ3v) is 4.52. The highest BCUT2D eigenvalue weighted by molar-refractivity contribution is 6.33. The number of hydrogen-bond acceptors (Lipinski definition) is 4. The lowest BCUT2D eigenvalue weighted by Gasteiger charge is -2.34. The highest BCUT2D eigenvalue weighted by atomic mass is 35.5. The van der Waals surface area contributed by atoms with Gasteiger partial charge in [-0.2, -0.15) is 0 Å². The molecule has 5 nitrogen and oxygen atoms in total. The largest absolute Gasteiger partial charge is 0.379 e. The Kier molecular flexibility index (Phi) is 5.96. The first-order chi connectivity index (χ1) is 12.2. The summed E-state index contributed by atoms with van der Waals surface area (Å²) < 4.78 is 19.3. The van der Waals surface area contributed by atoms with Crippen LogP contribution in [0.1, 0.15) is 22.0 Å². The van der Waals surface area contributed by atoms with Gasteiger partial charge in [-0.15, -0.1) is 0 Å². The molecule has 7 heteroatoms. The van der Waals surface area contributed by atoms with Crippen LogP contribution in [-0.4, -0.2) is 48.6 Å². The molecule has 1 N–H and O–H groups in total. The van der Waals surface area contributed by atoms with Gasteiger partial charge in [0.05, 0.1) is 29.8 Å². The van der Waals surface area contributed by atoms with E-state index in [4.69, 9.17) is 16.3 Å². The van der Waals surface area contributed by atoms with E-state index in [0.29, 0.717) is 19.8 Å². The molecule has 0 aliphatic carbocycles. The van der Waals surface area contributed by atoms with E-state index in [1.54, 1.807) is 12.4 Å². The number of halogens is 2. The number of amides is 1. The highest BCUT2D eigenvalue weighted by Gasteiger charge is 2.24. The maximum Gasteiger partial charge on any atom is 0.255 e. The van der Waals surface area contributed by atoms with Crippen LogP contribution in [-0.2, 0) is 4.74 Å². The number of ether oxygens (including phenoxy) is 1. The fraction of sp³-hybridized carbons (Fsp3) is 0.333. The number of pyridine rings is 1. The van der Waals surface area contributed by atoms with Gasteiger partial charge >= 0.3 is 0 Å². The normalized spacial score (nSPS) is 16.4. The Bertz CT molecular complexity index is 703. The second-order valence-corrected chi connectivity index (χ2v) is 6.16. The number of rotatable bonds is 5. The maximum absolute atomic E-state index is 13.9. The van der Waals surface area contributed by atoms with Crippen molar-refractivity contribution in [1.29, 1.82) is 0 Å². The van der Waals surface area contributed by atoms with Crippen LogP contribution in [0.2, 0.25) is 5.02 Å². The van der Waals surface area contributed by atoms with Crippen molar-refractivity contribution in [3.05, 3.63) is 64.7 Å². The lowest BCUT2D eigenvalue weighted by molar-refractivity contribution is 0.0161. The van der Waals surface area contributed by atoms with Gasteiger partial charge in [0, 0.05) is 32.0 Å². The van der Waals surface area contributed by atoms with Crippen LogP contribution >= 0.6 is 11.6 Å². The van der Waals surface area contributed by atoms with Crippen LogP contribution < -0.4 is 5.32 Å². The van der Waals surface area contributed by atoms with Crippen molar-refractivity contribution in [3.63, 3.8) is 0 Å². The van der Waals surface area contributed by atoms with Crippen molar-refractivity contribution in [1.82, 2.24) is 15.2 Å². The molecule has 2 heterocycles. The molecule has 25 heavy (non-hydrogen) atoms. The van der Waals surface area contributed by atoms with Gasteiger partial charge in [0.25, 0.3) is 5.91 Å². The number of carbonyl (C=O) groups excluding carboxylic acids is 1. The summed E-state index contributed by atoms with van der Waals surface area (Å²) in [5.41, 5.74) is 0.861. The maximum atomic E-state index is 13.9. The molecule has 0 spiro atoms. The van der Waals surface area contributed by atoms with Crippen LogP contribution in [0.25, 0.3) is 0 Å². The van der Waals surface area contributed by atoms with Gasteiger partial charge in [-0.1, -0.05) is 23.7 Å². The minimum Gasteiger partial charge on any atom is -0.379 e. The average Bonchev–Trinajstić information content (AvgIpc) is 2.63. The molecule has 0 saturated carbocycles. The Labute approximate surface area is 150 Å². The third-order valence-electron chi connectivity index (χ3n) is 4.20. The summed E-state index contributed by atoms with van der Waals surface area (Å²) in [6.07, 6.45) is 3.49. The van der Waals surface area contributed by atoms with Gasteiger partial charge in [-0.3, -0.25) is 14.7 Å². The summed E-state index contributed by atoms with van der Waals surface area (Å²) in [4.78, 5) is 18.8. The molecule has 0 radical (unpaired) electrons. The molecule has 1 aromatic heterocycles. The second kappa shape index (κ2) is 8.38. The molecular weight excluding hydrogens is 345 g/mol. The van der Waals surface area contributed by atoms with Crippen LogP contribution in [0.4, 0.5) is 4.39 Å². The van der Waals surface area contributed by atoms with E-state index in [0.717, 1.165) is 18.7 Å². The predicted octanol–water partition coefficient (Wildman–Crippen LogP) is 2.68. The molecule has 1 fully saturated rings. The lowest BCUT2D eigenvalue weighted by Crippen LogP contribution is -2.44. The third kappa shape index (κ3) is 4.34. The van der Waals surface area contributed by atoms with Gasteiger partial charge in [-0.05, 0) is 23.8 Å². The zero-order valence-corrected chi connectivity index (χ0v) is 14.4. The number of morpholine rings is 1. The number of benzene rings is 1. The molecule has 1 aliphatic rings. The molecular formula is C18H19ClFN3O2. The van der Waals surface area contributed by atoms with Crippen molar-refractivity contribution in [2.24, 2.45) is 0 Å². The van der Waals surface area contributed by atoms with Crippen molar-refractivity contribution in [2.45, 2.75) is 6.04 Å². The molecule has 1 atom stereocenters. The zero-order valence-electron chi connectivity index (χ0n) is 13.6. The van der Waals surface area contributed by atoms with Gasteiger partial charge in [0.1, 0.15) is 5.82 Å². The summed E-state index contributed by atoms with van der Waals surface area (Å²) in [6.45, 7) is 3.13. The van der Waals surface area contributed by atoms with E-state index in [9.17, 15) is 9.18 Å². The first-order valence-corrected chi connectivity index (χ1v) is 8.48. The fourth-order valence-electron chi connectivity index (χ4n) is 2.91. The summed E-state index contributed by atoms with van der Waals surface area (Å²) in [6, 6.07) is 7.96. The Hall–Kier alpha value is -2.02. The number of hydrogen-bond donors (Lipinski definition) is 1. The Morgan fingerprint density at radius 3 is 2.80 bits per heavy atom. The highest BCUT2D eigenvalue weighted by Crippen LogP contribution is 2.22. The van der Waals surface area contributed by atoms with E-state index in [1.807, 2.05) is 12.1 Å². The van der Waals surface area contributed by atoms with Crippen molar-refractivity contribution >= 4 is 17.5 Å². The quantitative estimate of drug-likeness (QED) is 0.887. The summed E-state index contributed by atoms with van der Waals surface area (Å²) in [5, 5.41) is 2.90. The fourth-order valence-corrected chi connectivity index (χ4v) is 3.16. The number of nitrogens with zero attached hydrogens (tertiary/aromatic N) is 2. The average molecular weight is 364 g/mol. The van der Waals surface area contributed by atoms with E-state index < -0.39 is 11.7 Å². The van der Waals surface area contributed by atoms with Crippen molar-refractivity contribution in [3.8, 4) is 0 Å². The molecule has 1 aromatic carbocycles. The molecule has 1 unspecified atom stereocenters. The standard InChI is InChI=1S/C18H19ClFN3O2/c19-14-4-1-5-15(20)17(14)18(24)22-12-16(13-3-2-6-21-11-13)23-7-9-25-10-8-23/h1-6,11,16H,7-10,12H2,(H,22,24). The Morgan fingerprint density at radius 2 is 2.12 bits per heavy atom. The molecule has 1 amide bonds. The molecule has 2 aromatic rings. The van der Waals surface area contributed by atoms with Crippen LogP contribution in [0.5, 0.6) is 0 Å². The summed E-state index contributed by atoms with van der Waals surface area (Å²) >= 11 is 5.97. The smallest absolute Gasteiger partial charge is 0.255 e. The molecule has 0 bridgehead atoms. The van der Waals surface area contributed by atoms with Gasteiger partial charge in [0.15, 0.2) is 0 Å². The molecule has 132 valence electrons. The first kappa shape index (κ1) is 17.8. The molecule has 3 rings (SSSR count). The van der Waals surface area contributed by atoms with Gasteiger partial charge in [0.2, 0.25) is 0 Å². The van der Waals surface area contributed by atoms with Crippen molar-refractivity contribution in [2.75, 3.05) is 32.8 Å². The van der Waals surface area contributed by atoms with Gasteiger partial charge in [-0.25, -0.2) is 4.39 Å². The Morgan fingerprint density at radius 1 is 1.32 bits per heavy atom. The first-order valence-electron chi connectivity index (χ1n) is 8.11. The van der Waals surface area contributed by atoms with E-state index in [1.165, 1.54) is 18.2 Å². The number of aromatic nitrogens is 1. The molecule has 1 saturated heterocycles. The van der Waals surface area contributed by atoms with E-state index >= 15 is 0 Å². The van der Waals surface area contributed by atoms with Crippen molar-refractivity contribution < 1.29 is 13.9 Å². The topological polar surface area (TPSA) is 54.5 Å². The minimum atomic E-state index is -0.630. The predicted molar refractivity (Wildman–Crippen MR) is 93.1 cm³/mol.